The van der Waals surface area contributed by atoms with Crippen LogP contribution in [0.25, 0.3) is 0 Å². The minimum absolute atomic E-state index is 0.191. The summed E-state index contributed by atoms with van der Waals surface area (Å²) in [6.07, 6.45) is 1.37. The molecule has 0 heterocycles. The summed E-state index contributed by atoms with van der Waals surface area (Å²) in [6, 6.07) is 6.12. The lowest BCUT2D eigenvalue weighted by Crippen LogP contribution is -2.31. The van der Waals surface area contributed by atoms with Gasteiger partial charge in [0, 0.05) is 0 Å². The standard InChI is InChI=1S/C11H15NO/c1-7-2-3-8-4-5-10(13)11(12)9(8)6-7/h2-3,6,10-11,13H,4-5,12H2,1H3/t10-,11-/m1/s1. The summed E-state index contributed by atoms with van der Waals surface area (Å²) in [5.74, 6) is 0. The summed E-state index contributed by atoms with van der Waals surface area (Å²) in [5.41, 5.74) is 9.54. The fraction of sp³-hybridized carbons (Fsp3) is 0.455. The summed E-state index contributed by atoms with van der Waals surface area (Å²) in [5, 5.41) is 9.59. The molecule has 3 N–H and O–H groups in total. The number of fused-ring (bicyclic) bond motifs is 1. The highest BCUT2D eigenvalue weighted by Crippen LogP contribution is 2.28. The van der Waals surface area contributed by atoms with Gasteiger partial charge in [0.2, 0.25) is 0 Å². The molecule has 13 heavy (non-hydrogen) atoms. The third-order valence-corrected chi connectivity index (χ3v) is 2.78. The van der Waals surface area contributed by atoms with Crippen LogP contribution in [0, 0.1) is 6.92 Å². The Kier molecular flexibility index (Phi) is 2.10. The summed E-state index contributed by atoms with van der Waals surface area (Å²) >= 11 is 0. The highest BCUT2D eigenvalue weighted by atomic mass is 16.3. The number of aliphatic hydroxyl groups excluding tert-OH is 1. The van der Waals surface area contributed by atoms with Crippen molar-refractivity contribution >= 4 is 0 Å². The van der Waals surface area contributed by atoms with Crippen molar-refractivity contribution in [1.29, 1.82) is 0 Å². The Morgan fingerprint density at radius 3 is 3.00 bits per heavy atom. The zero-order chi connectivity index (χ0) is 9.42. The number of aryl methyl sites for hydroxylation is 2. The van der Waals surface area contributed by atoms with Gasteiger partial charge in [-0.1, -0.05) is 23.8 Å². The SMILES string of the molecule is Cc1ccc2c(c1)[C@@H](N)[C@H](O)CC2. The van der Waals surface area contributed by atoms with E-state index in [2.05, 4.69) is 18.2 Å². The van der Waals surface area contributed by atoms with Gasteiger partial charge >= 0.3 is 0 Å². The van der Waals surface area contributed by atoms with E-state index >= 15 is 0 Å². The van der Waals surface area contributed by atoms with E-state index < -0.39 is 0 Å². The van der Waals surface area contributed by atoms with Gasteiger partial charge in [0.15, 0.2) is 0 Å². The van der Waals surface area contributed by atoms with Crippen LogP contribution >= 0.6 is 0 Å². The average molecular weight is 177 g/mol. The van der Waals surface area contributed by atoms with Crippen LogP contribution in [0.15, 0.2) is 18.2 Å². The smallest absolute Gasteiger partial charge is 0.0736 e. The molecular weight excluding hydrogens is 162 g/mol. The molecule has 0 radical (unpaired) electrons. The monoisotopic (exact) mass is 177 g/mol. The maximum absolute atomic E-state index is 9.59. The van der Waals surface area contributed by atoms with Gasteiger partial charge in [0.1, 0.15) is 0 Å². The van der Waals surface area contributed by atoms with E-state index in [1.807, 2.05) is 6.92 Å². The molecule has 2 rings (SSSR count). The Morgan fingerprint density at radius 1 is 1.46 bits per heavy atom. The van der Waals surface area contributed by atoms with Crippen molar-refractivity contribution in [2.24, 2.45) is 5.73 Å². The Hall–Kier alpha value is -0.860. The van der Waals surface area contributed by atoms with Crippen molar-refractivity contribution in [1.82, 2.24) is 0 Å². The minimum atomic E-state index is -0.366. The van der Waals surface area contributed by atoms with Crippen molar-refractivity contribution in [3.05, 3.63) is 34.9 Å². The normalized spacial score (nSPS) is 27.0. The van der Waals surface area contributed by atoms with Gasteiger partial charge in [-0.05, 0) is 30.9 Å². The Bertz CT molecular complexity index is 322. The van der Waals surface area contributed by atoms with E-state index in [0.29, 0.717) is 0 Å². The lowest BCUT2D eigenvalue weighted by atomic mass is 9.85. The maximum Gasteiger partial charge on any atom is 0.0736 e. The molecule has 1 aromatic rings. The second-order valence-electron chi connectivity index (χ2n) is 3.83. The molecular formula is C11H15NO. The molecule has 0 saturated carbocycles. The average Bonchev–Trinajstić information content (AvgIpc) is 2.12. The number of nitrogens with two attached hydrogens (primary N) is 1. The van der Waals surface area contributed by atoms with Gasteiger partial charge in [0.25, 0.3) is 0 Å². The summed E-state index contributed by atoms with van der Waals surface area (Å²) in [7, 11) is 0. The quantitative estimate of drug-likeness (QED) is 0.627. The van der Waals surface area contributed by atoms with E-state index in [1.54, 1.807) is 0 Å². The van der Waals surface area contributed by atoms with Crippen LogP contribution in [0.5, 0.6) is 0 Å². The topological polar surface area (TPSA) is 46.2 Å². The van der Waals surface area contributed by atoms with Crippen molar-refractivity contribution in [2.75, 3.05) is 0 Å². The fourth-order valence-corrected chi connectivity index (χ4v) is 1.94. The van der Waals surface area contributed by atoms with Gasteiger partial charge < -0.3 is 10.8 Å². The molecule has 0 saturated heterocycles. The van der Waals surface area contributed by atoms with Gasteiger partial charge in [-0.2, -0.15) is 0 Å². The lowest BCUT2D eigenvalue weighted by Gasteiger charge is -2.27. The van der Waals surface area contributed by atoms with E-state index in [1.165, 1.54) is 11.1 Å². The number of benzene rings is 1. The first-order chi connectivity index (χ1) is 6.18. The van der Waals surface area contributed by atoms with Crippen LogP contribution in [0.1, 0.15) is 29.2 Å². The molecule has 0 fully saturated rings. The largest absolute Gasteiger partial charge is 0.391 e. The second-order valence-corrected chi connectivity index (χ2v) is 3.83. The molecule has 2 atom stereocenters. The number of aliphatic hydroxyl groups is 1. The third kappa shape index (κ3) is 1.47. The fourth-order valence-electron chi connectivity index (χ4n) is 1.94. The maximum atomic E-state index is 9.59. The van der Waals surface area contributed by atoms with Gasteiger partial charge in [-0.15, -0.1) is 0 Å². The first kappa shape index (κ1) is 8.73. The second kappa shape index (κ2) is 3.13. The number of hydrogen-bond donors (Lipinski definition) is 2. The molecule has 1 aliphatic carbocycles. The van der Waals surface area contributed by atoms with Crippen LogP contribution in [0.3, 0.4) is 0 Å². The van der Waals surface area contributed by atoms with E-state index in [4.69, 9.17) is 5.73 Å². The first-order valence-electron chi connectivity index (χ1n) is 4.71. The molecule has 1 aliphatic rings. The molecule has 0 bridgehead atoms. The third-order valence-electron chi connectivity index (χ3n) is 2.78. The highest BCUT2D eigenvalue weighted by molar-refractivity contribution is 5.36. The first-order valence-corrected chi connectivity index (χ1v) is 4.71. The number of hydrogen-bond acceptors (Lipinski definition) is 2. The molecule has 0 aliphatic heterocycles. The van der Waals surface area contributed by atoms with Crippen molar-refractivity contribution in [2.45, 2.75) is 31.9 Å². The molecule has 0 spiro atoms. The van der Waals surface area contributed by atoms with E-state index in [9.17, 15) is 5.11 Å². The zero-order valence-corrected chi connectivity index (χ0v) is 7.83. The van der Waals surface area contributed by atoms with Crippen LogP contribution in [0.2, 0.25) is 0 Å². The minimum Gasteiger partial charge on any atom is -0.391 e. The van der Waals surface area contributed by atoms with Crippen molar-refractivity contribution in [3.63, 3.8) is 0 Å². The molecule has 1 aromatic carbocycles. The number of rotatable bonds is 0. The van der Waals surface area contributed by atoms with Gasteiger partial charge in [-0.3, -0.25) is 0 Å². The highest BCUT2D eigenvalue weighted by Gasteiger charge is 2.24. The van der Waals surface area contributed by atoms with Crippen LogP contribution in [-0.2, 0) is 6.42 Å². The molecule has 70 valence electrons. The summed E-state index contributed by atoms with van der Waals surface area (Å²) in [4.78, 5) is 0. The summed E-state index contributed by atoms with van der Waals surface area (Å²) in [6.45, 7) is 2.05. The summed E-state index contributed by atoms with van der Waals surface area (Å²) < 4.78 is 0. The van der Waals surface area contributed by atoms with E-state index in [-0.39, 0.29) is 12.1 Å². The Labute approximate surface area is 78.4 Å². The van der Waals surface area contributed by atoms with E-state index in [0.717, 1.165) is 18.4 Å². The van der Waals surface area contributed by atoms with Crippen LogP contribution in [0.4, 0.5) is 0 Å². The molecule has 2 heteroatoms. The van der Waals surface area contributed by atoms with Crippen LogP contribution < -0.4 is 5.73 Å². The Balaban J connectivity index is 2.45. The molecule has 0 amide bonds. The zero-order valence-electron chi connectivity index (χ0n) is 7.83. The van der Waals surface area contributed by atoms with Gasteiger partial charge in [-0.25, -0.2) is 0 Å². The Morgan fingerprint density at radius 2 is 2.23 bits per heavy atom. The molecule has 2 nitrogen and oxygen atoms in total. The van der Waals surface area contributed by atoms with Gasteiger partial charge in [0.05, 0.1) is 12.1 Å². The lowest BCUT2D eigenvalue weighted by molar-refractivity contribution is 0.128. The molecule has 0 aromatic heterocycles. The predicted molar refractivity (Wildman–Crippen MR) is 52.4 cm³/mol. The predicted octanol–water partition coefficient (Wildman–Crippen LogP) is 1.30. The van der Waals surface area contributed by atoms with Crippen molar-refractivity contribution < 1.29 is 5.11 Å². The van der Waals surface area contributed by atoms with Crippen molar-refractivity contribution in [3.8, 4) is 0 Å². The molecule has 0 unspecified atom stereocenters. The van der Waals surface area contributed by atoms with Crippen LogP contribution in [-0.4, -0.2) is 11.2 Å².